The van der Waals surface area contributed by atoms with Crippen LogP contribution in [-0.2, 0) is 4.74 Å². The van der Waals surface area contributed by atoms with Crippen LogP contribution >= 0.6 is 0 Å². The molecule has 2 atom stereocenters. The molecule has 0 aliphatic carbocycles. The molecule has 0 unspecified atom stereocenters. The second kappa shape index (κ2) is 8.48. The highest BCUT2D eigenvalue weighted by Gasteiger charge is 2.16. The van der Waals surface area contributed by atoms with Gasteiger partial charge in [-0.2, -0.15) is 0 Å². The fraction of sp³-hybridized carbons (Fsp3) is 0.368. The number of ether oxygens (including phenoxy) is 1. The summed E-state index contributed by atoms with van der Waals surface area (Å²) in [6.45, 7) is 3.44. The maximum absolute atomic E-state index is 11.9. The Balaban J connectivity index is 1.47. The van der Waals surface area contributed by atoms with Gasteiger partial charge in [0, 0.05) is 43.0 Å². The highest BCUT2D eigenvalue weighted by Crippen LogP contribution is 2.20. The third kappa shape index (κ3) is 5.19. The summed E-state index contributed by atoms with van der Waals surface area (Å²) in [6, 6.07) is 11.6. The van der Waals surface area contributed by atoms with Crippen molar-refractivity contribution in [3.05, 3.63) is 54.4 Å². The number of amides is 2. The van der Waals surface area contributed by atoms with E-state index >= 15 is 0 Å². The predicted octanol–water partition coefficient (Wildman–Crippen LogP) is 3.56. The van der Waals surface area contributed by atoms with Crippen molar-refractivity contribution in [3.8, 4) is 0 Å². The number of carbonyl (C=O) groups is 1. The lowest BCUT2D eigenvalue weighted by atomic mass is 10.1. The molecule has 0 spiro atoms. The highest BCUT2D eigenvalue weighted by molar-refractivity contribution is 5.89. The lowest BCUT2D eigenvalue weighted by molar-refractivity contribution is 0.112. The van der Waals surface area contributed by atoms with Crippen LogP contribution in [0, 0.1) is 0 Å². The number of urea groups is 1. The molecular formula is C19H24N4O2. The van der Waals surface area contributed by atoms with Crippen LogP contribution in [0.15, 0.2) is 48.8 Å². The van der Waals surface area contributed by atoms with E-state index in [1.54, 1.807) is 12.4 Å². The first-order valence-electron chi connectivity index (χ1n) is 8.64. The van der Waals surface area contributed by atoms with Crippen molar-refractivity contribution >= 4 is 17.4 Å². The third-order valence-corrected chi connectivity index (χ3v) is 4.25. The molecule has 2 amide bonds. The van der Waals surface area contributed by atoms with Crippen LogP contribution in [0.25, 0.3) is 0 Å². The first-order chi connectivity index (χ1) is 12.2. The van der Waals surface area contributed by atoms with Crippen molar-refractivity contribution in [1.82, 2.24) is 10.3 Å². The Labute approximate surface area is 148 Å². The molecule has 1 aliphatic rings. The standard InChI is InChI=1S/C19H24N4O2/c1-14(15-8-10-20-11-9-15)22-16-4-6-17(7-5-16)23-19(24)21-13-18-3-2-12-25-18/h4-11,14,18,22H,2-3,12-13H2,1H3,(H2,21,23,24)/t14-,18+/m1/s1. The van der Waals surface area contributed by atoms with Gasteiger partial charge >= 0.3 is 6.03 Å². The maximum atomic E-state index is 11.9. The van der Waals surface area contributed by atoms with Gasteiger partial charge in [-0.15, -0.1) is 0 Å². The molecule has 3 rings (SSSR count). The number of nitrogens with zero attached hydrogens (tertiary/aromatic N) is 1. The fourth-order valence-electron chi connectivity index (χ4n) is 2.82. The zero-order chi connectivity index (χ0) is 17.5. The molecule has 0 bridgehead atoms. The number of hydrogen-bond donors (Lipinski definition) is 3. The molecule has 132 valence electrons. The summed E-state index contributed by atoms with van der Waals surface area (Å²) in [5.74, 6) is 0. The number of benzene rings is 1. The molecule has 1 aliphatic heterocycles. The van der Waals surface area contributed by atoms with Crippen LogP contribution in [0.4, 0.5) is 16.2 Å². The van der Waals surface area contributed by atoms with E-state index in [9.17, 15) is 4.79 Å². The van der Waals surface area contributed by atoms with Crippen molar-refractivity contribution < 1.29 is 9.53 Å². The van der Waals surface area contributed by atoms with Crippen LogP contribution in [0.3, 0.4) is 0 Å². The smallest absolute Gasteiger partial charge is 0.319 e. The molecule has 6 nitrogen and oxygen atoms in total. The average Bonchev–Trinajstić information content (AvgIpc) is 3.16. The van der Waals surface area contributed by atoms with Gasteiger partial charge in [0.05, 0.1) is 6.10 Å². The van der Waals surface area contributed by atoms with Crippen LogP contribution < -0.4 is 16.0 Å². The molecule has 2 aromatic rings. The van der Waals surface area contributed by atoms with Crippen molar-refractivity contribution in [2.75, 3.05) is 23.8 Å². The van der Waals surface area contributed by atoms with Crippen LogP contribution in [-0.4, -0.2) is 30.3 Å². The molecule has 2 heterocycles. The van der Waals surface area contributed by atoms with Gasteiger partial charge in [-0.05, 0) is 61.7 Å². The molecule has 1 saturated heterocycles. The van der Waals surface area contributed by atoms with Crippen molar-refractivity contribution in [3.63, 3.8) is 0 Å². The Bertz CT molecular complexity index is 670. The average molecular weight is 340 g/mol. The monoisotopic (exact) mass is 340 g/mol. The Morgan fingerprint density at radius 3 is 2.60 bits per heavy atom. The van der Waals surface area contributed by atoms with Crippen LogP contribution in [0.2, 0.25) is 0 Å². The van der Waals surface area contributed by atoms with E-state index in [0.29, 0.717) is 6.54 Å². The number of hydrogen-bond acceptors (Lipinski definition) is 4. The molecule has 3 N–H and O–H groups in total. The lowest BCUT2D eigenvalue weighted by Crippen LogP contribution is -2.35. The van der Waals surface area contributed by atoms with Gasteiger partial charge in [-0.1, -0.05) is 0 Å². The second-order valence-electron chi connectivity index (χ2n) is 6.19. The van der Waals surface area contributed by atoms with Crippen molar-refractivity contribution in [1.29, 1.82) is 0 Å². The molecular weight excluding hydrogens is 316 g/mol. The SMILES string of the molecule is C[C@@H](Nc1ccc(NC(=O)NC[C@@H]2CCCO2)cc1)c1ccncc1. The second-order valence-corrected chi connectivity index (χ2v) is 6.19. The lowest BCUT2D eigenvalue weighted by Gasteiger charge is -2.16. The topological polar surface area (TPSA) is 75.3 Å². The normalized spacial score (nSPS) is 17.7. The molecule has 1 aromatic heterocycles. The zero-order valence-electron chi connectivity index (χ0n) is 14.4. The summed E-state index contributed by atoms with van der Waals surface area (Å²) >= 11 is 0. The Hall–Kier alpha value is -2.60. The van der Waals surface area contributed by atoms with Gasteiger partial charge in [0.2, 0.25) is 0 Å². The maximum Gasteiger partial charge on any atom is 0.319 e. The van der Waals surface area contributed by atoms with Gasteiger partial charge in [0.15, 0.2) is 0 Å². The molecule has 0 saturated carbocycles. The predicted molar refractivity (Wildman–Crippen MR) is 98.7 cm³/mol. The van der Waals surface area contributed by atoms with Gasteiger partial charge in [0.1, 0.15) is 0 Å². The first-order valence-corrected chi connectivity index (χ1v) is 8.64. The quantitative estimate of drug-likeness (QED) is 0.752. The number of pyridine rings is 1. The Kier molecular flexibility index (Phi) is 5.85. The first kappa shape index (κ1) is 17.2. The van der Waals surface area contributed by atoms with Crippen molar-refractivity contribution in [2.45, 2.75) is 31.9 Å². The van der Waals surface area contributed by atoms with E-state index in [4.69, 9.17) is 4.74 Å². The minimum atomic E-state index is -0.207. The van der Waals surface area contributed by atoms with Crippen molar-refractivity contribution in [2.24, 2.45) is 0 Å². The van der Waals surface area contributed by atoms with Crippen LogP contribution in [0.1, 0.15) is 31.4 Å². The van der Waals surface area contributed by atoms with Gasteiger partial charge in [-0.3, -0.25) is 4.98 Å². The zero-order valence-corrected chi connectivity index (χ0v) is 14.4. The number of nitrogens with one attached hydrogen (secondary N) is 3. The van der Waals surface area contributed by atoms with E-state index in [1.165, 1.54) is 5.56 Å². The summed E-state index contributed by atoms with van der Waals surface area (Å²) in [6.07, 6.45) is 5.80. The summed E-state index contributed by atoms with van der Waals surface area (Å²) in [5, 5.41) is 9.11. The summed E-state index contributed by atoms with van der Waals surface area (Å²) < 4.78 is 5.49. The molecule has 0 radical (unpaired) electrons. The van der Waals surface area contributed by atoms with Gasteiger partial charge in [0.25, 0.3) is 0 Å². The largest absolute Gasteiger partial charge is 0.379 e. The van der Waals surface area contributed by atoms with E-state index in [1.807, 2.05) is 36.4 Å². The molecule has 1 fully saturated rings. The molecule has 1 aromatic carbocycles. The third-order valence-electron chi connectivity index (χ3n) is 4.25. The van der Waals surface area contributed by atoms with E-state index < -0.39 is 0 Å². The van der Waals surface area contributed by atoms with E-state index in [-0.39, 0.29) is 18.2 Å². The van der Waals surface area contributed by atoms with E-state index in [2.05, 4.69) is 27.9 Å². The number of carbonyl (C=O) groups excluding carboxylic acids is 1. The fourth-order valence-corrected chi connectivity index (χ4v) is 2.82. The Morgan fingerprint density at radius 1 is 1.20 bits per heavy atom. The minimum absolute atomic E-state index is 0.145. The minimum Gasteiger partial charge on any atom is -0.379 e. The number of anilines is 2. The summed E-state index contributed by atoms with van der Waals surface area (Å²) in [5.41, 5.74) is 2.92. The van der Waals surface area contributed by atoms with Crippen LogP contribution in [0.5, 0.6) is 0 Å². The number of rotatable bonds is 6. The molecule has 6 heteroatoms. The molecule has 25 heavy (non-hydrogen) atoms. The number of aromatic nitrogens is 1. The van der Waals surface area contributed by atoms with E-state index in [0.717, 1.165) is 30.8 Å². The van der Waals surface area contributed by atoms with Gasteiger partial charge in [-0.25, -0.2) is 4.79 Å². The summed E-state index contributed by atoms with van der Waals surface area (Å²) in [7, 11) is 0. The highest BCUT2D eigenvalue weighted by atomic mass is 16.5. The Morgan fingerprint density at radius 2 is 1.92 bits per heavy atom. The summed E-state index contributed by atoms with van der Waals surface area (Å²) in [4.78, 5) is 15.9. The van der Waals surface area contributed by atoms with Gasteiger partial charge < -0.3 is 20.7 Å².